The number of nitrogens with two attached hydrogens (primary N) is 1. The van der Waals surface area contributed by atoms with E-state index in [-0.39, 0.29) is 12.2 Å². The van der Waals surface area contributed by atoms with Crippen LogP contribution in [-0.4, -0.2) is 33.6 Å². The van der Waals surface area contributed by atoms with Gasteiger partial charge >= 0.3 is 0 Å². The summed E-state index contributed by atoms with van der Waals surface area (Å²) < 4.78 is 7.69. The number of fused-ring (bicyclic) bond motifs is 1. The molecule has 1 fully saturated rings. The Balaban J connectivity index is 2.16. The number of imidazole rings is 1. The second-order valence-corrected chi connectivity index (χ2v) is 5.35. The van der Waals surface area contributed by atoms with E-state index in [2.05, 4.69) is 28.5 Å². The first-order valence-electron chi connectivity index (χ1n) is 6.49. The quantitative estimate of drug-likeness (QED) is 0.894. The van der Waals surface area contributed by atoms with Gasteiger partial charge in [0, 0.05) is 26.4 Å². The van der Waals surface area contributed by atoms with E-state index in [4.69, 9.17) is 10.5 Å². The Morgan fingerprint density at radius 3 is 2.80 bits per heavy atom. The van der Waals surface area contributed by atoms with E-state index in [1.165, 1.54) is 0 Å². The lowest BCUT2D eigenvalue weighted by molar-refractivity contribution is 0.0745. The summed E-state index contributed by atoms with van der Waals surface area (Å²) in [7, 11) is 3.80. The number of hydrogen-bond acceptors (Lipinski definition) is 6. The lowest BCUT2D eigenvalue weighted by atomic mass is 10.1. The maximum Gasteiger partial charge on any atom is 0.224 e. The molecule has 0 amide bonds. The molecule has 0 unspecified atom stereocenters. The number of ether oxygens (including phenoxy) is 1. The Morgan fingerprint density at radius 2 is 2.20 bits per heavy atom. The second-order valence-electron chi connectivity index (χ2n) is 5.35. The molecule has 106 valence electrons. The molecule has 3 heterocycles. The lowest BCUT2D eigenvalue weighted by Crippen LogP contribution is -2.15. The third kappa shape index (κ3) is 1.86. The van der Waals surface area contributed by atoms with Crippen molar-refractivity contribution in [3.63, 3.8) is 0 Å². The van der Waals surface area contributed by atoms with Crippen molar-refractivity contribution in [3.05, 3.63) is 18.7 Å². The highest BCUT2D eigenvalue weighted by molar-refractivity contribution is 5.84. The van der Waals surface area contributed by atoms with Crippen LogP contribution >= 0.6 is 0 Å². The molecule has 7 nitrogen and oxygen atoms in total. The number of aromatic nitrogens is 4. The van der Waals surface area contributed by atoms with Crippen LogP contribution in [0.5, 0.6) is 0 Å². The average Bonchev–Trinajstić information content (AvgIpc) is 2.91. The number of allylic oxidation sites excluding steroid dienone is 1. The van der Waals surface area contributed by atoms with E-state index in [9.17, 15) is 0 Å². The van der Waals surface area contributed by atoms with Gasteiger partial charge < -0.3 is 15.4 Å². The summed E-state index contributed by atoms with van der Waals surface area (Å²) in [5.41, 5.74) is 7.21. The summed E-state index contributed by atoms with van der Waals surface area (Å²) in [4.78, 5) is 14.8. The number of anilines is 2. The van der Waals surface area contributed by atoms with Gasteiger partial charge in [-0.15, -0.1) is 0 Å². The number of nitrogens with zero attached hydrogens (tertiary/aromatic N) is 5. The van der Waals surface area contributed by atoms with Crippen molar-refractivity contribution in [1.82, 2.24) is 19.5 Å². The molecule has 0 aromatic carbocycles. The Bertz CT molecular complexity index is 677. The number of rotatable bonds is 2. The monoisotopic (exact) mass is 274 g/mol. The summed E-state index contributed by atoms with van der Waals surface area (Å²) in [5.74, 6) is 2.04. The molecule has 2 N–H and O–H groups in total. The first-order valence-corrected chi connectivity index (χ1v) is 6.49. The molecule has 1 aliphatic heterocycles. The average molecular weight is 274 g/mol. The molecule has 1 saturated heterocycles. The van der Waals surface area contributed by atoms with E-state index in [1.807, 2.05) is 23.6 Å². The van der Waals surface area contributed by atoms with Crippen LogP contribution in [0.25, 0.3) is 11.2 Å². The van der Waals surface area contributed by atoms with Crippen LogP contribution in [0.1, 0.15) is 19.6 Å². The summed E-state index contributed by atoms with van der Waals surface area (Å²) in [6, 6.07) is 0. The van der Waals surface area contributed by atoms with Crippen LogP contribution in [-0.2, 0) is 4.74 Å². The van der Waals surface area contributed by atoms with Crippen LogP contribution in [0.3, 0.4) is 0 Å². The molecule has 3 rings (SSSR count). The summed E-state index contributed by atoms with van der Waals surface area (Å²) in [5, 5.41) is 0. The normalized spacial score (nSPS) is 22.2. The SMILES string of the molecule is C=C1C[C@H](C)[C@H](n2cnc3c(N(C)C)nc(N)nc32)O1. The van der Waals surface area contributed by atoms with Crippen molar-refractivity contribution < 1.29 is 4.74 Å². The van der Waals surface area contributed by atoms with Crippen LogP contribution in [0.2, 0.25) is 0 Å². The molecule has 0 radical (unpaired) electrons. The van der Waals surface area contributed by atoms with Crippen molar-refractivity contribution in [3.8, 4) is 0 Å². The van der Waals surface area contributed by atoms with Gasteiger partial charge in [-0.05, 0) is 0 Å². The highest BCUT2D eigenvalue weighted by atomic mass is 16.5. The van der Waals surface area contributed by atoms with Crippen molar-refractivity contribution in [2.75, 3.05) is 24.7 Å². The van der Waals surface area contributed by atoms with Gasteiger partial charge in [0.25, 0.3) is 0 Å². The lowest BCUT2D eigenvalue weighted by Gasteiger charge is -2.17. The molecule has 0 aliphatic carbocycles. The fourth-order valence-electron chi connectivity index (χ4n) is 2.54. The molecule has 2 atom stereocenters. The highest BCUT2D eigenvalue weighted by Crippen LogP contribution is 2.37. The Morgan fingerprint density at radius 1 is 1.45 bits per heavy atom. The highest BCUT2D eigenvalue weighted by Gasteiger charge is 2.31. The summed E-state index contributed by atoms with van der Waals surface area (Å²) in [6.07, 6.45) is 2.42. The minimum absolute atomic E-state index is 0.142. The molecule has 7 heteroatoms. The van der Waals surface area contributed by atoms with E-state index < -0.39 is 0 Å². The third-order valence-corrected chi connectivity index (χ3v) is 3.44. The minimum Gasteiger partial charge on any atom is -0.475 e. The predicted octanol–water partition coefficient (Wildman–Crippen LogP) is 1.54. The van der Waals surface area contributed by atoms with Crippen LogP contribution in [0.15, 0.2) is 18.7 Å². The minimum atomic E-state index is -0.142. The fraction of sp³-hybridized carbons (Fsp3) is 0.462. The summed E-state index contributed by atoms with van der Waals surface area (Å²) in [6.45, 7) is 6.00. The van der Waals surface area contributed by atoms with Gasteiger partial charge in [0.1, 0.15) is 6.33 Å². The second kappa shape index (κ2) is 4.36. The van der Waals surface area contributed by atoms with Gasteiger partial charge in [0.05, 0.1) is 5.76 Å². The van der Waals surface area contributed by atoms with Gasteiger partial charge in [-0.25, -0.2) is 4.98 Å². The fourth-order valence-corrected chi connectivity index (χ4v) is 2.54. The summed E-state index contributed by atoms with van der Waals surface area (Å²) >= 11 is 0. The standard InChI is InChI=1S/C13H18N6O/c1-7-5-8(2)20-12(7)19-6-15-9-10(18(3)4)16-13(14)17-11(9)19/h6-7,12H,2,5H2,1,3-4H3,(H2,14,16,17)/t7-,12+/m0/s1. The van der Waals surface area contributed by atoms with Crippen molar-refractivity contribution in [1.29, 1.82) is 0 Å². The van der Waals surface area contributed by atoms with E-state index in [0.717, 1.165) is 17.7 Å². The maximum absolute atomic E-state index is 5.80. The van der Waals surface area contributed by atoms with Gasteiger partial charge in [0.15, 0.2) is 23.2 Å². The first-order chi connectivity index (χ1) is 9.47. The zero-order valence-corrected chi connectivity index (χ0v) is 11.9. The molecule has 20 heavy (non-hydrogen) atoms. The van der Waals surface area contributed by atoms with Crippen molar-refractivity contribution in [2.45, 2.75) is 19.6 Å². The molecule has 2 aromatic heterocycles. The van der Waals surface area contributed by atoms with Crippen LogP contribution in [0.4, 0.5) is 11.8 Å². The van der Waals surface area contributed by atoms with Gasteiger partial charge in [-0.3, -0.25) is 4.57 Å². The third-order valence-electron chi connectivity index (χ3n) is 3.44. The predicted molar refractivity (Wildman–Crippen MR) is 77.1 cm³/mol. The molecule has 0 saturated carbocycles. The molecule has 2 aromatic rings. The first kappa shape index (κ1) is 12.7. The molecule has 0 bridgehead atoms. The number of hydrogen-bond donors (Lipinski definition) is 1. The van der Waals surface area contributed by atoms with Crippen molar-refractivity contribution in [2.24, 2.45) is 5.92 Å². The Kier molecular flexibility index (Phi) is 2.77. The molecular weight excluding hydrogens is 256 g/mol. The molecule has 0 spiro atoms. The number of nitrogen functional groups attached to an aromatic ring is 1. The van der Waals surface area contributed by atoms with Crippen LogP contribution in [0, 0.1) is 5.92 Å². The molecule has 1 aliphatic rings. The maximum atomic E-state index is 5.80. The Labute approximate surface area is 117 Å². The zero-order valence-electron chi connectivity index (χ0n) is 11.9. The van der Waals surface area contributed by atoms with E-state index >= 15 is 0 Å². The van der Waals surface area contributed by atoms with E-state index in [0.29, 0.717) is 17.4 Å². The van der Waals surface area contributed by atoms with Crippen LogP contribution < -0.4 is 10.6 Å². The smallest absolute Gasteiger partial charge is 0.224 e. The zero-order chi connectivity index (χ0) is 14.4. The van der Waals surface area contributed by atoms with Gasteiger partial charge in [-0.2, -0.15) is 9.97 Å². The topological polar surface area (TPSA) is 82.1 Å². The van der Waals surface area contributed by atoms with Crippen molar-refractivity contribution >= 4 is 22.9 Å². The largest absolute Gasteiger partial charge is 0.475 e. The van der Waals surface area contributed by atoms with E-state index in [1.54, 1.807) is 6.33 Å². The van der Waals surface area contributed by atoms with Gasteiger partial charge in [-0.1, -0.05) is 13.5 Å². The Hall–Kier alpha value is -2.31. The van der Waals surface area contributed by atoms with Gasteiger partial charge in [0.2, 0.25) is 5.95 Å². The molecular formula is C13H18N6O.